The summed E-state index contributed by atoms with van der Waals surface area (Å²) in [5.41, 5.74) is 5.72. The van der Waals surface area contributed by atoms with Gasteiger partial charge in [-0.25, -0.2) is 0 Å². The summed E-state index contributed by atoms with van der Waals surface area (Å²) in [5.74, 6) is 0.0584. The number of nitrogens with zero attached hydrogens (tertiary/aromatic N) is 1. The first kappa shape index (κ1) is 15.0. The Hall–Kier alpha value is -1.39. The maximum Gasteiger partial charge on any atom is 0.238 e. The topological polar surface area (TPSA) is 41.6 Å². The van der Waals surface area contributed by atoms with Crippen LogP contribution in [0.4, 0.5) is 5.69 Å². The van der Waals surface area contributed by atoms with Crippen LogP contribution in [0.25, 0.3) is 0 Å². The van der Waals surface area contributed by atoms with Gasteiger partial charge in [0.15, 0.2) is 0 Å². The van der Waals surface area contributed by atoms with E-state index in [0.717, 1.165) is 43.1 Å². The Bertz CT molecular complexity index is 479. The molecular weight excluding hydrogens is 252 g/mol. The number of rotatable bonds is 3. The molecule has 2 rings (SSSR count). The third kappa shape index (κ3) is 3.38. The van der Waals surface area contributed by atoms with Crippen LogP contribution in [0.2, 0.25) is 0 Å². The van der Waals surface area contributed by atoms with Gasteiger partial charge in [-0.15, -0.1) is 0 Å². The molecular formula is C16H24N2O2. The second-order valence-corrected chi connectivity index (χ2v) is 5.57. The minimum Gasteiger partial charge on any atom is -0.379 e. The van der Waals surface area contributed by atoms with Crippen molar-refractivity contribution in [1.29, 1.82) is 0 Å². The number of morpholine rings is 1. The molecule has 1 saturated heterocycles. The molecule has 1 aromatic carbocycles. The number of aryl methyl sites for hydroxylation is 2. The molecule has 1 fully saturated rings. The zero-order valence-corrected chi connectivity index (χ0v) is 12.9. The standard InChI is InChI=1S/C16H24N2O2/c1-11-9-12(2)14(4)16(13(11)3)17-15(19)10-18-5-7-20-8-6-18/h9H,5-8,10H2,1-4H3,(H,17,19). The Morgan fingerprint density at radius 1 is 1.15 bits per heavy atom. The lowest BCUT2D eigenvalue weighted by molar-refractivity contribution is -0.118. The molecule has 0 aliphatic carbocycles. The summed E-state index contributed by atoms with van der Waals surface area (Å²) in [5, 5.41) is 3.09. The van der Waals surface area contributed by atoms with Gasteiger partial charge in [0.25, 0.3) is 0 Å². The van der Waals surface area contributed by atoms with Crippen molar-refractivity contribution in [3.05, 3.63) is 28.3 Å². The van der Waals surface area contributed by atoms with Crippen LogP contribution >= 0.6 is 0 Å². The van der Waals surface area contributed by atoms with Crippen LogP contribution in [-0.4, -0.2) is 43.7 Å². The van der Waals surface area contributed by atoms with Crippen molar-refractivity contribution in [1.82, 2.24) is 4.90 Å². The van der Waals surface area contributed by atoms with E-state index >= 15 is 0 Å². The molecule has 0 radical (unpaired) electrons. The van der Waals surface area contributed by atoms with E-state index in [4.69, 9.17) is 4.74 Å². The summed E-state index contributed by atoms with van der Waals surface area (Å²) in [6.45, 7) is 11.8. The highest BCUT2D eigenvalue weighted by atomic mass is 16.5. The molecule has 110 valence electrons. The maximum absolute atomic E-state index is 12.2. The summed E-state index contributed by atoms with van der Waals surface area (Å²) in [4.78, 5) is 14.3. The van der Waals surface area contributed by atoms with Crippen molar-refractivity contribution in [2.24, 2.45) is 0 Å². The van der Waals surface area contributed by atoms with Crippen LogP contribution in [-0.2, 0) is 9.53 Å². The van der Waals surface area contributed by atoms with E-state index in [1.54, 1.807) is 0 Å². The van der Waals surface area contributed by atoms with Crippen molar-refractivity contribution in [2.45, 2.75) is 27.7 Å². The molecule has 1 N–H and O–H groups in total. The van der Waals surface area contributed by atoms with Gasteiger partial charge < -0.3 is 10.1 Å². The summed E-state index contributed by atoms with van der Waals surface area (Å²) < 4.78 is 5.30. The van der Waals surface area contributed by atoms with Gasteiger partial charge in [0, 0.05) is 18.8 Å². The number of carbonyl (C=O) groups is 1. The Morgan fingerprint density at radius 2 is 1.70 bits per heavy atom. The van der Waals surface area contributed by atoms with Gasteiger partial charge in [-0.3, -0.25) is 9.69 Å². The highest BCUT2D eigenvalue weighted by Crippen LogP contribution is 2.26. The first-order chi connectivity index (χ1) is 9.49. The lowest BCUT2D eigenvalue weighted by atomic mass is 9.98. The summed E-state index contributed by atoms with van der Waals surface area (Å²) in [6, 6.07) is 2.17. The third-order valence-electron chi connectivity index (χ3n) is 4.10. The molecule has 1 aliphatic heterocycles. The second-order valence-electron chi connectivity index (χ2n) is 5.57. The van der Waals surface area contributed by atoms with Crippen LogP contribution < -0.4 is 5.32 Å². The van der Waals surface area contributed by atoms with Crippen molar-refractivity contribution < 1.29 is 9.53 Å². The Kier molecular flexibility index (Phi) is 4.78. The van der Waals surface area contributed by atoms with Crippen LogP contribution in [0, 0.1) is 27.7 Å². The molecule has 0 spiro atoms. The molecule has 0 aromatic heterocycles. The molecule has 0 atom stereocenters. The SMILES string of the molecule is Cc1cc(C)c(C)c(NC(=O)CN2CCOCC2)c1C. The molecule has 0 bridgehead atoms. The number of amides is 1. The summed E-state index contributed by atoms with van der Waals surface area (Å²) >= 11 is 0. The predicted octanol–water partition coefficient (Wildman–Crippen LogP) is 2.19. The fraction of sp³-hybridized carbons (Fsp3) is 0.562. The summed E-state index contributed by atoms with van der Waals surface area (Å²) in [6.07, 6.45) is 0. The van der Waals surface area contributed by atoms with Gasteiger partial charge in [-0.2, -0.15) is 0 Å². The first-order valence-electron chi connectivity index (χ1n) is 7.16. The highest BCUT2D eigenvalue weighted by Gasteiger charge is 2.16. The fourth-order valence-corrected chi connectivity index (χ4v) is 2.55. The van der Waals surface area contributed by atoms with Gasteiger partial charge in [0.2, 0.25) is 5.91 Å². The quantitative estimate of drug-likeness (QED) is 0.920. The molecule has 20 heavy (non-hydrogen) atoms. The van der Waals surface area contributed by atoms with Crippen LogP contribution in [0.15, 0.2) is 6.07 Å². The number of nitrogens with one attached hydrogen (secondary N) is 1. The number of ether oxygens (including phenoxy) is 1. The van der Waals surface area contributed by atoms with Crippen molar-refractivity contribution >= 4 is 11.6 Å². The van der Waals surface area contributed by atoms with Crippen LogP contribution in [0.5, 0.6) is 0 Å². The van der Waals surface area contributed by atoms with E-state index in [2.05, 4.69) is 44.0 Å². The molecule has 4 heteroatoms. The van der Waals surface area contributed by atoms with E-state index < -0.39 is 0 Å². The largest absolute Gasteiger partial charge is 0.379 e. The molecule has 4 nitrogen and oxygen atoms in total. The van der Waals surface area contributed by atoms with Crippen molar-refractivity contribution in [2.75, 3.05) is 38.2 Å². The lowest BCUT2D eigenvalue weighted by Crippen LogP contribution is -2.41. The monoisotopic (exact) mass is 276 g/mol. The predicted molar refractivity (Wildman–Crippen MR) is 81.3 cm³/mol. The lowest BCUT2D eigenvalue weighted by Gasteiger charge is -2.26. The molecule has 1 aliphatic rings. The highest BCUT2D eigenvalue weighted by molar-refractivity contribution is 5.94. The van der Waals surface area contributed by atoms with Crippen LogP contribution in [0.3, 0.4) is 0 Å². The minimum absolute atomic E-state index is 0.0584. The second kappa shape index (κ2) is 6.37. The zero-order chi connectivity index (χ0) is 14.7. The number of benzene rings is 1. The number of anilines is 1. The van der Waals surface area contributed by atoms with Gasteiger partial charge >= 0.3 is 0 Å². The van der Waals surface area contributed by atoms with Crippen LogP contribution in [0.1, 0.15) is 22.3 Å². The normalized spacial score (nSPS) is 16.2. The van der Waals surface area contributed by atoms with Gasteiger partial charge in [-0.1, -0.05) is 6.07 Å². The van der Waals surface area contributed by atoms with Gasteiger partial charge in [0.05, 0.1) is 19.8 Å². The van der Waals surface area contributed by atoms with E-state index in [1.165, 1.54) is 11.1 Å². The van der Waals surface area contributed by atoms with E-state index in [-0.39, 0.29) is 5.91 Å². The molecule has 0 unspecified atom stereocenters. The van der Waals surface area contributed by atoms with E-state index in [9.17, 15) is 4.79 Å². The first-order valence-corrected chi connectivity index (χ1v) is 7.16. The number of hydrogen-bond acceptors (Lipinski definition) is 3. The van der Waals surface area contributed by atoms with Gasteiger partial charge in [0.1, 0.15) is 0 Å². The molecule has 1 amide bonds. The molecule has 1 aromatic rings. The van der Waals surface area contributed by atoms with Crippen molar-refractivity contribution in [3.8, 4) is 0 Å². The smallest absolute Gasteiger partial charge is 0.238 e. The third-order valence-corrected chi connectivity index (χ3v) is 4.10. The Morgan fingerprint density at radius 3 is 2.25 bits per heavy atom. The van der Waals surface area contributed by atoms with E-state index in [0.29, 0.717) is 6.54 Å². The average Bonchev–Trinajstić information content (AvgIpc) is 2.42. The number of carbonyl (C=O) groups excluding carboxylic acids is 1. The summed E-state index contributed by atoms with van der Waals surface area (Å²) in [7, 11) is 0. The maximum atomic E-state index is 12.2. The Labute approximate surface area is 121 Å². The van der Waals surface area contributed by atoms with E-state index in [1.807, 2.05) is 0 Å². The zero-order valence-electron chi connectivity index (χ0n) is 12.9. The van der Waals surface area contributed by atoms with Gasteiger partial charge in [-0.05, 0) is 49.9 Å². The minimum atomic E-state index is 0.0584. The number of hydrogen-bond donors (Lipinski definition) is 1. The van der Waals surface area contributed by atoms with Crippen molar-refractivity contribution in [3.63, 3.8) is 0 Å². The molecule has 0 saturated carbocycles. The molecule has 1 heterocycles. The average molecular weight is 276 g/mol. The Balaban J connectivity index is 2.07. The fourth-order valence-electron chi connectivity index (χ4n) is 2.55.